The number of hydrogen-bond donors (Lipinski definition) is 1. The van der Waals surface area contributed by atoms with Crippen molar-refractivity contribution in [2.45, 2.75) is 31.7 Å². The monoisotopic (exact) mass is 285 g/mol. The molecule has 1 atom stereocenters. The van der Waals surface area contributed by atoms with Crippen LogP contribution in [-0.2, 0) is 19.9 Å². The zero-order chi connectivity index (χ0) is 14.7. The van der Waals surface area contributed by atoms with Gasteiger partial charge in [-0.1, -0.05) is 6.07 Å². The van der Waals surface area contributed by atoms with E-state index in [0.717, 1.165) is 18.7 Å². The van der Waals surface area contributed by atoms with Crippen LogP contribution in [0.3, 0.4) is 0 Å². The van der Waals surface area contributed by atoms with Crippen molar-refractivity contribution in [3.8, 4) is 5.75 Å². The summed E-state index contributed by atoms with van der Waals surface area (Å²) in [4.78, 5) is 0. The Kier molecular flexibility index (Phi) is 4.25. The predicted molar refractivity (Wildman–Crippen MR) is 83.6 cm³/mol. The summed E-state index contributed by atoms with van der Waals surface area (Å²) in [6.07, 6.45) is 6.50. The largest absolute Gasteiger partial charge is 0.497 e. The Morgan fingerprint density at radius 2 is 2.29 bits per heavy atom. The average Bonchev–Trinajstić information content (AvgIpc) is 2.92. The van der Waals surface area contributed by atoms with Gasteiger partial charge >= 0.3 is 0 Å². The van der Waals surface area contributed by atoms with Gasteiger partial charge in [0.25, 0.3) is 0 Å². The normalized spacial score (nSPS) is 17.5. The van der Waals surface area contributed by atoms with E-state index in [2.05, 4.69) is 34.7 Å². The number of aromatic nitrogens is 2. The fourth-order valence-electron chi connectivity index (χ4n) is 3.14. The first-order chi connectivity index (χ1) is 10.3. The highest BCUT2D eigenvalue weighted by atomic mass is 16.5. The van der Waals surface area contributed by atoms with E-state index in [0.29, 0.717) is 6.04 Å². The lowest BCUT2D eigenvalue weighted by Gasteiger charge is -2.27. The summed E-state index contributed by atoms with van der Waals surface area (Å²) in [6.45, 7) is 0.973. The molecule has 4 heteroatoms. The molecular formula is C17H23N3O. The van der Waals surface area contributed by atoms with Crippen LogP contribution in [0.4, 0.5) is 0 Å². The van der Waals surface area contributed by atoms with Gasteiger partial charge in [0.15, 0.2) is 0 Å². The molecule has 0 radical (unpaired) electrons. The maximum atomic E-state index is 5.37. The lowest BCUT2D eigenvalue weighted by atomic mass is 9.87. The molecule has 112 valence electrons. The van der Waals surface area contributed by atoms with Gasteiger partial charge < -0.3 is 10.1 Å². The fourth-order valence-corrected chi connectivity index (χ4v) is 3.14. The molecule has 1 heterocycles. The average molecular weight is 285 g/mol. The molecule has 0 saturated heterocycles. The molecule has 1 unspecified atom stereocenters. The van der Waals surface area contributed by atoms with Crippen molar-refractivity contribution in [2.24, 2.45) is 7.05 Å². The zero-order valence-corrected chi connectivity index (χ0v) is 12.8. The van der Waals surface area contributed by atoms with Crippen LogP contribution in [0.2, 0.25) is 0 Å². The number of nitrogens with zero attached hydrogens (tertiary/aromatic N) is 2. The topological polar surface area (TPSA) is 39.1 Å². The third-order valence-corrected chi connectivity index (χ3v) is 4.36. The number of fused-ring (bicyclic) bond motifs is 1. The molecule has 0 spiro atoms. The van der Waals surface area contributed by atoms with Crippen molar-refractivity contribution < 1.29 is 4.74 Å². The first-order valence-electron chi connectivity index (χ1n) is 7.65. The first kappa shape index (κ1) is 14.1. The number of ether oxygens (including phenoxy) is 1. The Morgan fingerprint density at radius 3 is 3.05 bits per heavy atom. The van der Waals surface area contributed by atoms with Crippen LogP contribution in [0.25, 0.3) is 0 Å². The van der Waals surface area contributed by atoms with Crippen LogP contribution in [0.1, 0.15) is 35.7 Å². The minimum Gasteiger partial charge on any atom is -0.497 e. The Morgan fingerprint density at radius 1 is 1.38 bits per heavy atom. The Balaban J connectivity index is 1.66. The van der Waals surface area contributed by atoms with Gasteiger partial charge in [-0.05, 0) is 48.6 Å². The van der Waals surface area contributed by atoms with Crippen molar-refractivity contribution in [3.05, 3.63) is 47.3 Å². The van der Waals surface area contributed by atoms with Crippen LogP contribution < -0.4 is 10.1 Å². The molecule has 0 bridgehead atoms. The van der Waals surface area contributed by atoms with Gasteiger partial charge in [-0.15, -0.1) is 0 Å². The molecule has 0 aliphatic heterocycles. The van der Waals surface area contributed by atoms with E-state index in [4.69, 9.17) is 4.74 Å². The maximum Gasteiger partial charge on any atom is 0.119 e. The van der Waals surface area contributed by atoms with Gasteiger partial charge in [0.1, 0.15) is 5.75 Å². The van der Waals surface area contributed by atoms with Crippen molar-refractivity contribution in [1.29, 1.82) is 0 Å². The second kappa shape index (κ2) is 6.31. The number of rotatable bonds is 5. The minimum absolute atomic E-state index is 0.442. The summed E-state index contributed by atoms with van der Waals surface area (Å²) in [7, 11) is 3.73. The third-order valence-electron chi connectivity index (χ3n) is 4.36. The summed E-state index contributed by atoms with van der Waals surface area (Å²) in [6, 6.07) is 8.99. The van der Waals surface area contributed by atoms with E-state index in [1.807, 2.05) is 17.9 Å². The molecule has 3 rings (SSSR count). The van der Waals surface area contributed by atoms with Gasteiger partial charge in [-0.25, -0.2) is 0 Å². The Hall–Kier alpha value is -1.81. The highest BCUT2D eigenvalue weighted by Gasteiger charge is 2.20. The molecule has 1 N–H and O–H groups in total. The number of nitrogens with one attached hydrogen (secondary N) is 1. The predicted octanol–water partition coefficient (Wildman–Crippen LogP) is 2.64. The van der Waals surface area contributed by atoms with E-state index >= 15 is 0 Å². The summed E-state index contributed by atoms with van der Waals surface area (Å²) in [5, 5.41) is 7.91. The molecule has 21 heavy (non-hydrogen) atoms. The molecular weight excluding hydrogens is 262 g/mol. The second-order valence-electron chi connectivity index (χ2n) is 5.66. The Bertz CT molecular complexity index is 606. The van der Waals surface area contributed by atoms with Gasteiger partial charge in [0.05, 0.1) is 7.11 Å². The summed E-state index contributed by atoms with van der Waals surface area (Å²) in [5.74, 6) is 0.953. The van der Waals surface area contributed by atoms with Crippen LogP contribution in [0, 0.1) is 0 Å². The SMILES string of the molecule is COc1ccc2c(c1)C(NCCc1ccnn1C)CCC2. The maximum absolute atomic E-state index is 5.37. The summed E-state index contributed by atoms with van der Waals surface area (Å²) in [5.41, 5.74) is 4.13. The molecule has 2 aromatic rings. The molecule has 0 saturated carbocycles. The van der Waals surface area contributed by atoms with E-state index in [1.165, 1.54) is 36.1 Å². The molecule has 1 aliphatic rings. The second-order valence-corrected chi connectivity index (χ2v) is 5.66. The minimum atomic E-state index is 0.442. The van der Waals surface area contributed by atoms with Crippen LogP contribution in [0.15, 0.2) is 30.5 Å². The molecule has 4 nitrogen and oxygen atoms in total. The highest BCUT2D eigenvalue weighted by molar-refractivity contribution is 5.39. The van der Waals surface area contributed by atoms with Crippen molar-refractivity contribution in [3.63, 3.8) is 0 Å². The fraction of sp³-hybridized carbons (Fsp3) is 0.471. The molecule has 1 aromatic carbocycles. The lowest BCUT2D eigenvalue weighted by Crippen LogP contribution is -2.27. The molecule has 0 fully saturated rings. The quantitative estimate of drug-likeness (QED) is 0.918. The molecule has 1 aromatic heterocycles. The molecule has 1 aliphatic carbocycles. The van der Waals surface area contributed by atoms with Crippen molar-refractivity contribution >= 4 is 0 Å². The summed E-state index contributed by atoms with van der Waals surface area (Å²) < 4.78 is 7.31. The van der Waals surface area contributed by atoms with Crippen molar-refractivity contribution in [1.82, 2.24) is 15.1 Å². The number of benzene rings is 1. The number of aryl methyl sites for hydroxylation is 2. The van der Waals surface area contributed by atoms with Gasteiger partial charge in [-0.3, -0.25) is 4.68 Å². The smallest absolute Gasteiger partial charge is 0.119 e. The van der Waals surface area contributed by atoms with Gasteiger partial charge in [0, 0.05) is 37.9 Å². The third kappa shape index (κ3) is 3.10. The molecule has 0 amide bonds. The van der Waals surface area contributed by atoms with Gasteiger partial charge in [0.2, 0.25) is 0 Å². The first-order valence-corrected chi connectivity index (χ1v) is 7.65. The van der Waals surface area contributed by atoms with Crippen LogP contribution in [-0.4, -0.2) is 23.4 Å². The lowest BCUT2D eigenvalue weighted by molar-refractivity contribution is 0.409. The summed E-state index contributed by atoms with van der Waals surface area (Å²) >= 11 is 0. The number of methoxy groups -OCH3 is 1. The highest BCUT2D eigenvalue weighted by Crippen LogP contribution is 2.32. The van der Waals surface area contributed by atoms with E-state index in [1.54, 1.807) is 7.11 Å². The van der Waals surface area contributed by atoms with E-state index in [-0.39, 0.29) is 0 Å². The van der Waals surface area contributed by atoms with Crippen LogP contribution >= 0.6 is 0 Å². The van der Waals surface area contributed by atoms with Crippen LogP contribution in [0.5, 0.6) is 5.75 Å². The Labute approximate surface area is 126 Å². The standard InChI is InChI=1S/C17H23N3O/c1-20-14(9-11-19-20)8-10-18-17-5-3-4-13-6-7-15(21-2)12-16(13)17/h6-7,9,11-12,17-18H,3-5,8,10H2,1-2H3. The number of hydrogen-bond acceptors (Lipinski definition) is 3. The van der Waals surface area contributed by atoms with Gasteiger partial charge in [-0.2, -0.15) is 5.10 Å². The van der Waals surface area contributed by atoms with Crippen molar-refractivity contribution in [2.75, 3.05) is 13.7 Å². The van der Waals surface area contributed by atoms with E-state index < -0.39 is 0 Å². The van der Waals surface area contributed by atoms with E-state index in [9.17, 15) is 0 Å². The zero-order valence-electron chi connectivity index (χ0n) is 12.8.